The summed E-state index contributed by atoms with van der Waals surface area (Å²) in [7, 11) is 0. The van der Waals surface area contributed by atoms with Gasteiger partial charge in [-0.05, 0) is 65.1 Å². The minimum absolute atomic E-state index is 0.576. The van der Waals surface area contributed by atoms with E-state index in [9.17, 15) is 0 Å². The van der Waals surface area contributed by atoms with Crippen LogP contribution in [0.1, 0.15) is 24.0 Å². The first-order chi connectivity index (χ1) is 13.2. The lowest BCUT2D eigenvalue weighted by Gasteiger charge is -2.09. The highest BCUT2D eigenvalue weighted by atomic mass is 127. The van der Waals surface area contributed by atoms with Gasteiger partial charge in [0.1, 0.15) is 12.4 Å². The topological polar surface area (TPSA) is 9.23 Å². The van der Waals surface area contributed by atoms with E-state index in [0.29, 0.717) is 6.61 Å². The average molecular weight is 509 g/mol. The fraction of sp³-hybridized carbons (Fsp3) is 0.217. The quantitative estimate of drug-likeness (QED) is 0.165. The van der Waals surface area contributed by atoms with Crippen molar-refractivity contribution in [2.75, 3.05) is 4.43 Å². The Morgan fingerprint density at radius 2 is 1.67 bits per heavy atom. The summed E-state index contributed by atoms with van der Waals surface area (Å²) < 4.78 is 7.13. The van der Waals surface area contributed by atoms with Crippen LogP contribution in [-0.2, 0) is 13.0 Å². The van der Waals surface area contributed by atoms with Crippen LogP contribution in [-0.4, -0.2) is 4.43 Å². The second-order valence-corrected chi connectivity index (χ2v) is 8.88. The van der Waals surface area contributed by atoms with Crippen molar-refractivity contribution >= 4 is 46.0 Å². The highest BCUT2D eigenvalue weighted by molar-refractivity contribution is 14.1. The van der Waals surface area contributed by atoms with Crippen molar-refractivity contribution in [1.82, 2.24) is 0 Å². The van der Waals surface area contributed by atoms with Gasteiger partial charge < -0.3 is 4.74 Å². The van der Waals surface area contributed by atoms with Gasteiger partial charge in [0.25, 0.3) is 0 Å². The van der Waals surface area contributed by atoms with Gasteiger partial charge in [-0.25, -0.2) is 0 Å². The molecule has 0 atom stereocenters. The molecular weight excluding hydrogens is 487 g/mol. The van der Waals surface area contributed by atoms with Gasteiger partial charge in [-0.2, -0.15) is 0 Å². The first kappa shape index (κ1) is 20.6. The van der Waals surface area contributed by atoms with Gasteiger partial charge in [-0.15, -0.1) is 0 Å². The molecule has 0 aliphatic heterocycles. The highest BCUT2D eigenvalue weighted by Gasteiger charge is 2.05. The summed E-state index contributed by atoms with van der Waals surface area (Å²) in [5.74, 6) is 0.880. The van der Waals surface area contributed by atoms with Crippen LogP contribution in [0.3, 0.4) is 0 Å². The Kier molecular flexibility index (Phi) is 8.36. The molecule has 0 saturated heterocycles. The number of hydrogen-bond acceptors (Lipinski definition) is 2. The van der Waals surface area contributed by atoms with Gasteiger partial charge in [0.15, 0.2) is 0 Å². The number of halogens is 2. The summed E-state index contributed by atoms with van der Waals surface area (Å²) in [6.45, 7) is 0.576. The molecule has 3 aromatic carbocycles. The molecule has 3 aromatic rings. The lowest BCUT2D eigenvalue weighted by molar-refractivity contribution is 0.305. The van der Waals surface area contributed by atoms with Crippen molar-refractivity contribution in [3.8, 4) is 5.75 Å². The molecule has 0 radical (unpaired) electrons. The van der Waals surface area contributed by atoms with Crippen molar-refractivity contribution in [1.29, 1.82) is 0 Å². The number of hydrogen-bond donors (Lipinski definition) is 0. The molecule has 0 amide bonds. The number of unbranched alkanes of at least 4 members (excludes halogenated alkanes) is 1. The minimum Gasteiger partial charge on any atom is -0.489 e. The van der Waals surface area contributed by atoms with E-state index in [0.717, 1.165) is 27.0 Å². The van der Waals surface area contributed by atoms with E-state index >= 15 is 0 Å². The molecule has 0 aromatic heterocycles. The Labute approximate surface area is 184 Å². The summed E-state index contributed by atoms with van der Waals surface area (Å²) in [5.41, 5.74) is 2.41. The van der Waals surface area contributed by atoms with Crippen molar-refractivity contribution < 1.29 is 4.74 Å². The molecule has 140 valence electrons. The molecule has 0 N–H and O–H groups in total. The number of benzene rings is 3. The summed E-state index contributed by atoms with van der Waals surface area (Å²) in [4.78, 5) is 2.30. The maximum Gasteiger partial charge on any atom is 0.120 e. The van der Waals surface area contributed by atoms with Crippen LogP contribution in [0.2, 0.25) is 5.02 Å². The molecule has 0 saturated carbocycles. The van der Waals surface area contributed by atoms with E-state index in [4.69, 9.17) is 16.3 Å². The molecule has 0 bridgehead atoms. The number of ether oxygens (including phenoxy) is 1. The third-order valence-electron chi connectivity index (χ3n) is 4.14. The number of alkyl halides is 1. The zero-order valence-corrected chi connectivity index (χ0v) is 18.8. The van der Waals surface area contributed by atoms with Gasteiger partial charge in [0.2, 0.25) is 0 Å². The third-order valence-corrected chi connectivity index (χ3v) is 6.24. The van der Waals surface area contributed by atoms with Crippen LogP contribution in [0.15, 0.2) is 82.6 Å². The Morgan fingerprint density at radius 1 is 0.852 bits per heavy atom. The Bertz CT molecular complexity index is 854. The lowest BCUT2D eigenvalue weighted by atomic mass is 10.1. The van der Waals surface area contributed by atoms with E-state index in [2.05, 4.69) is 65.1 Å². The summed E-state index contributed by atoms with van der Waals surface area (Å²) in [6, 6.07) is 24.8. The van der Waals surface area contributed by atoms with Gasteiger partial charge in [-0.3, -0.25) is 0 Å². The van der Waals surface area contributed by atoms with Crippen LogP contribution in [0.25, 0.3) is 0 Å². The largest absolute Gasteiger partial charge is 0.489 e. The van der Waals surface area contributed by atoms with Crippen molar-refractivity contribution in [2.24, 2.45) is 0 Å². The fourth-order valence-electron chi connectivity index (χ4n) is 2.71. The predicted octanol–water partition coefficient (Wildman–Crippen LogP) is 7.83. The van der Waals surface area contributed by atoms with Crippen LogP contribution >= 0.6 is 46.0 Å². The maximum absolute atomic E-state index is 6.48. The molecule has 27 heavy (non-hydrogen) atoms. The highest BCUT2D eigenvalue weighted by Crippen LogP contribution is 2.33. The minimum atomic E-state index is 0.576. The Hall–Kier alpha value is -1.17. The monoisotopic (exact) mass is 508 g/mol. The molecule has 0 heterocycles. The lowest BCUT2D eigenvalue weighted by Crippen LogP contribution is -1.94. The first-order valence-corrected chi connectivity index (χ1v) is 11.8. The standard InChI is InChI=1S/C23H22ClIOS/c24-23-16-22(13-12-19(23)9-4-5-14-25)27-21-11-6-10-20(15-21)26-17-18-7-2-1-3-8-18/h1-3,6-8,10-13,15-16H,4-5,9,14,17H2. The van der Waals surface area contributed by atoms with Gasteiger partial charge in [0.05, 0.1) is 0 Å². The Balaban J connectivity index is 1.61. The van der Waals surface area contributed by atoms with Crippen LogP contribution in [0, 0.1) is 0 Å². The molecule has 0 aliphatic carbocycles. The molecule has 0 fully saturated rings. The van der Waals surface area contributed by atoms with E-state index in [1.54, 1.807) is 11.8 Å². The fourth-order valence-corrected chi connectivity index (χ4v) is 4.49. The normalized spacial score (nSPS) is 10.7. The third kappa shape index (κ3) is 6.74. The summed E-state index contributed by atoms with van der Waals surface area (Å²) in [6.07, 6.45) is 3.48. The summed E-state index contributed by atoms with van der Waals surface area (Å²) in [5, 5.41) is 0.866. The Morgan fingerprint density at radius 3 is 2.44 bits per heavy atom. The van der Waals surface area contributed by atoms with Crippen molar-refractivity contribution in [3.63, 3.8) is 0 Å². The first-order valence-electron chi connectivity index (χ1n) is 9.03. The van der Waals surface area contributed by atoms with Gasteiger partial charge in [-0.1, -0.05) is 88.4 Å². The zero-order chi connectivity index (χ0) is 18.9. The smallest absolute Gasteiger partial charge is 0.120 e. The van der Waals surface area contributed by atoms with Crippen molar-refractivity contribution in [3.05, 3.63) is 88.9 Å². The van der Waals surface area contributed by atoms with Crippen LogP contribution in [0.5, 0.6) is 5.75 Å². The average Bonchev–Trinajstić information content (AvgIpc) is 2.69. The molecule has 4 heteroatoms. The molecule has 0 aliphatic rings. The van der Waals surface area contributed by atoms with Gasteiger partial charge in [0, 0.05) is 14.8 Å². The predicted molar refractivity (Wildman–Crippen MR) is 125 cm³/mol. The molecular formula is C23H22ClIOS. The van der Waals surface area contributed by atoms with E-state index in [1.807, 2.05) is 30.3 Å². The number of aryl methyl sites for hydroxylation is 1. The van der Waals surface area contributed by atoms with Crippen LogP contribution in [0.4, 0.5) is 0 Å². The molecule has 3 rings (SSSR count). The molecule has 1 nitrogen and oxygen atoms in total. The number of rotatable bonds is 9. The van der Waals surface area contributed by atoms with E-state index in [-0.39, 0.29) is 0 Å². The van der Waals surface area contributed by atoms with Crippen molar-refractivity contribution in [2.45, 2.75) is 35.7 Å². The zero-order valence-electron chi connectivity index (χ0n) is 15.0. The second kappa shape index (κ2) is 11.0. The summed E-state index contributed by atoms with van der Waals surface area (Å²) >= 11 is 10.6. The van der Waals surface area contributed by atoms with Crippen LogP contribution < -0.4 is 4.74 Å². The molecule has 0 spiro atoms. The van der Waals surface area contributed by atoms with E-state index < -0.39 is 0 Å². The maximum atomic E-state index is 6.48. The molecule has 0 unspecified atom stereocenters. The SMILES string of the molecule is Clc1cc(Sc2cccc(OCc3ccccc3)c2)ccc1CCCCI. The van der Waals surface area contributed by atoms with E-state index in [1.165, 1.54) is 28.4 Å². The second-order valence-electron chi connectivity index (χ2n) is 6.25. The van der Waals surface area contributed by atoms with Gasteiger partial charge >= 0.3 is 0 Å².